The number of tetrazole rings is 1. The average Bonchev–Trinajstić information content (AvgIpc) is 3.64. The maximum absolute atomic E-state index is 13.1. The number of nitrogens with one attached hydrogen (secondary N) is 2. The predicted molar refractivity (Wildman–Crippen MR) is 129 cm³/mol. The molecule has 2 amide bonds. The molecule has 1 saturated heterocycles. The van der Waals surface area contributed by atoms with Gasteiger partial charge in [0.1, 0.15) is 23.2 Å². The molecule has 15 nitrogen and oxygen atoms in total. The van der Waals surface area contributed by atoms with Crippen molar-refractivity contribution < 1.29 is 24.3 Å². The van der Waals surface area contributed by atoms with E-state index in [4.69, 9.17) is 10.6 Å². The lowest BCUT2D eigenvalue weighted by Gasteiger charge is -2.49. The molecule has 2 aliphatic heterocycles. The molecule has 1 unspecified atom stereocenters. The molecule has 190 valence electrons. The maximum Gasteiger partial charge on any atom is 0.352 e. The van der Waals surface area contributed by atoms with Gasteiger partial charge in [0.05, 0.1) is 0 Å². The van der Waals surface area contributed by atoms with Gasteiger partial charge in [-0.05, 0) is 36.5 Å². The zero-order valence-corrected chi connectivity index (χ0v) is 20.9. The highest BCUT2D eigenvalue weighted by Gasteiger charge is 2.54. The molecular weight excluding hydrogens is 532 g/mol. The Bertz CT molecular complexity index is 1230. The Morgan fingerprint density at radius 2 is 2.17 bits per heavy atom. The van der Waals surface area contributed by atoms with Crippen molar-refractivity contribution in [1.82, 2.24) is 40.2 Å². The molecule has 0 aromatic carbocycles. The van der Waals surface area contributed by atoms with Crippen molar-refractivity contribution in [3.63, 3.8) is 0 Å². The molecule has 1 saturated carbocycles. The smallest absolute Gasteiger partial charge is 0.352 e. The third kappa shape index (κ3) is 4.87. The molecule has 2 fully saturated rings. The van der Waals surface area contributed by atoms with E-state index in [0.29, 0.717) is 16.5 Å². The number of oxime groups is 1. The van der Waals surface area contributed by atoms with E-state index < -0.39 is 29.2 Å². The number of carboxylic acid groups (broad SMARTS) is 1. The second-order valence-corrected chi connectivity index (χ2v) is 10.8. The molecule has 1 aliphatic carbocycles. The summed E-state index contributed by atoms with van der Waals surface area (Å²) in [4.78, 5) is 48.9. The lowest BCUT2D eigenvalue weighted by atomic mass is 10.0. The molecule has 2 atom stereocenters. The fraction of sp³-hybridized carbons (Fsp3) is 0.500. The van der Waals surface area contributed by atoms with Gasteiger partial charge in [0.2, 0.25) is 16.7 Å². The SMILES string of the molecule is Nc1nc(C(=NOC2CCCC2)C(=O)NC2C(=O)N3C(C(=O)O)=C(CSc4nn[nH]n4)CS[C@H]23)ns1. The van der Waals surface area contributed by atoms with Crippen LogP contribution in [-0.2, 0) is 19.2 Å². The van der Waals surface area contributed by atoms with E-state index in [1.54, 1.807) is 0 Å². The molecule has 0 spiro atoms. The predicted octanol–water partition coefficient (Wildman–Crippen LogP) is -0.172. The standard InChI is InChI=1S/C18H20N10O5S3/c19-17-21-12(25-36-17)9(24-33-8-3-1-2-4-8)13(29)20-10-14(30)28-11(16(31)32)7(5-34-15(10)28)6-35-18-22-26-27-23-18/h8,10,15H,1-6H2,(H,20,29)(H,31,32)(H2,19,21,25)(H,22,23,26,27)/t10?,15-/m1/s1. The third-order valence-corrected chi connectivity index (χ3v) is 8.51. The van der Waals surface area contributed by atoms with Gasteiger partial charge in [0.25, 0.3) is 11.8 Å². The summed E-state index contributed by atoms with van der Waals surface area (Å²) >= 11 is 3.46. The first-order chi connectivity index (χ1) is 17.4. The number of amides is 2. The van der Waals surface area contributed by atoms with Crippen molar-refractivity contribution in [3.8, 4) is 0 Å². The minimum absolute atomic E-state index is 0.000166. The first-order valence-corrected chi connectivity index (χ1v) is 13.6. The number of nitrogens with two attached hydrogens (primary N) is 1. The molecule has 0 radical (unpaired) electrons. The van der Waals surface area contributed by atoms with E-state index in [1.807, 2.05) is 0 Å². The number of β-lactam (4-membered cyclic amide) rings is 1. The Morgan fingerprint density at radius 3 is 2.83 bits per heavy atom. The summed E-state index contributed by atoms with van der Waals surface area (Å²) in [5.74, 6) is -1.85. The van der Waals surface area contributed by atoms with Gasteiger partial charge in [-0.3, -0.25) is 14.5 Å². The van der Waals surface area contributed by atoms with Crippen LogP contribution in [-0.4, -0.2) is 92.5 Å². The lowest BCUT2D eigenvalue weighted by Crippen LogP contribution is -2.71. The van der Waals surface area contributed by atoms with Crippen LogP contribution in [0, 0.1) is 0 Å². The summed E-state index contributed by atoms with van der Waals surface area (Å²) in [6, 6.07) is -0.948. The highest BCUT2D eigenvalue weighted by molar-refractivity contribution is 8.01. The third-order valence-electron chi connectivity index (χ3n) is 5.70. The molecule has 2 aromatic heterocycles. The quantitative estimate of drug-likeness (QED) is 0.138. The van der Waals surface area contributed by atoms with Crippen molar-refractivity contribution in [2.24, 2.45) is 5.16 Å². The van der Waals surface area contributed by atoms with Gasteiger partial charge in [0, 0.05) is 23.0 Å². The van der Waals surface area contributed by atoms with Crippen LogP contribution in [0.15, 0.2) is 21.6 Å². The molecule has 0 bridgehead atoms. The van der Waals surface area contributed by atoms with Crippen LogP contribution in [0.5, 0.6) is 0 Å². The summed E-state index contributed by atoms with van der Waals surface area (Å²) in [6.07, 6.45) is 3.59. The fourth-order valence-corrected chi connectivity index (χ4v) is 6.66. The van der Waals surface area contributed by atoms with E-state index in [0.717, 1.165) is 37.2 Å². The van der Waals surface area contributed by atoms with Gasteiger partial charge >= 0.3 is 5.97 Å². The number of aliphatic carboxylic acids is 1. The van der Waals surface area contributed by atoms with Gasteiger partial charge < -0.3 is 21.0 Å². The van der Waals surface area contributed by atoms with Gasteiger partial charge in [-0.1, -0.05) is 16.9 Å². The van der Waals surface area contributed by atoms with Crippen molar-refractivity contribution in [2.45, 2.75) is 48.4 Å². The first-order valence-electron chi connectivity index (χ1n) is 10.8. The van der Waals surface area contributed by atoms with Crippen LogP contribution in [0.2, 0.25) is 0 Å². The molecular formula is C18H20N10O5S3. The summed E-state index contributed by atoms with van der Waals surface area (Å²) in [7, 11) is 0. The summed E-state index contributed by atoms with van der Waals surface area (Å²) < 4.78 is 4.05. The van der Waals surface area contributed by atoms with Crippen molar-refractivity contribution in [2.75, 3.05) is 17.2 Å². The number of hydrogen-bond acceptors (Lipinski definition) is 14. The minimum Gasteiger partial charge on any atom is -0.477 e. The lowest BCUT2D eigenvalue weighted by molar-refractivity contribution is -0.150. The number of fused-ring (bicyclic) bond motifs is 1. The van der Waals surface area contributed by atoms with Crippen LogP contribution in [0.25, 0.3) is 0 Å². The first kappa shape index (κ1) is 24.4. The van der Waals surface area contributed by atoms with Crippen molar-refractivity contribution in [1.29, 1.82) is 0 Å². The number of aromatic amines is 1. The highest BCUT2D eigenvalue weighted by atomic mass is 32.2. The second kappa shape index (κ2) is 10.4. The fourth-order valence-electron chi connectivity index (χ4n) is 4.01. The Morgan fingerprint density at radius 1 is 1.36 bits per heavy atom. The van der Waals surface area contributed by atoms with E-state index in [9.17, 15) is 19.5 Å². The molecule has 4 heterocycles. The molecule has 36 heavy (non-hydrogen) atoms. The molecule has 5 N–H and O–H groups in total. The molecule has 3 aliphatic rings. The van der Waals surface area contributed by atoms with Gasteiger partial charge in [0.15, 0.2) is 5.13 Å². The number of carboxylic acids is 1. The zero-order valence-electron chi connectivity index (χ0n) is 18.5. The normalized spacial score (nSPS) is 22.4. The number of nitrogen functional groups attached to an aromatic ring is 1. The Hall–Kier alpha value is -3.25. The Labute approximate surface area is 215 Å². The summed E-state index contributed by atoms with van der Waals surface area (Å²) in [5, 5.41) is 29.9. The molecule has 5 rings (SSSR count). The maximum atomic E-state index is 13.1. The largest absolute Gasteiger partial charge is 0.477 e. The number of aromatic nitrogens is 6. The number of carbonyl (C=O) groups is 3. The Balaban J connectivity index is 1.30. The summed E-state index contributed by atoms with van der Waals surface area (Å²) in [6.45, 7) is 0. The van der Waals surface area contributed by atoms with Crippen LogP contribution < -0.4 is 11.1 Å². The van der Waals surface area contributed by atoms with Gasteiger partial charge in [-0.15, -0.1) is 22.0 Å². The summed E-state index contributed by atoms with van der Waals surface area (Å²) in [5.41, 5.74) is 5.93. The van der Waals surface area contributed by atoms with E-state index in [-0.39, 0.29) is 34.2 Å². The van der Waals surface area contributed by atoms with Crippen molar-refractivity contribution in [3.05, 3.63) is 17.1 Å². The number of rotatable bonds is 9. The van der Waals surface area contributed by atoms with Gasteiger partial charge in [-0.2, -0.15) is 14.6 Å². The number of thioether (sulfide) groups is 2. The number of H-pyrrole nitrogens is 1. The molecule has 2 aromatic rings. The van der Waals surface area contributed by atoms with Gasteiger partial charge in [-0.25, -0.2) is 4.79 Å². The topological polar surface area (TPSA) is 215 Å². The average molecular weight is 553 g/mol. The number of anilines is 1. The van der Waals surface area contributed by atoms with E-state index in [2.05, 4.69) is 40.5 Å². The van der Waals surface area contributed by atoms with Crippen molar-refractivity contribution >= 4 is 63.7 Å². The monoisotopic (exact) mass is 552 g/mol. The number of nitrogens with zero attached hydrogens (tertiary/aromatic N) is 7. The minimum atomic E-state index is -1.23. The zero-order chi connectivity index (χ0) is 25.2. The molecule has 18 heteroatoms. The number of hydrogen-bond donors (Lipinski definition) is 4. The van der Waals surface area contributed by atoms with Crippen LogP contribution in [0.1, 0.15) is 31.5 Å². The second-order valence-electron chi connectivity index (χ2n) is 8.01. The van der Waals surface area contributed by atoms with E-state index >= 15 is 0 Å². The Kier molecular flexibility index (Phi) is 7.06. The highest BCUT2D eigenvalue weighted by Crippen LogP contribution is 2.41. The van der Waals surface area contributed by atoms with E-state index in [1.165, 1.54) is 28.4 Å². The van der Waals surface area contributed by atoms with Crippen LogP contribution in [0.4, 0.5) is 5.13 Å². The number of carbonyl (C=O) groups excluding carboxylic acids is 2. The van der Waals surface area contributed by atoms with Crippen LogP contribution >= 0.6 is 35.1 Å². The van der Waals surface area contributed by atoms with Crippen LogP contribution in [0.3, 0.4) is 0 Å².